The summed E-state index contributed by atoms with van der Waals surface area (Å²) in [7, 11) is 0. The van der Waals surface area contributed by atoms with Crippen LogP contribution in [-0.4, -0.2) is 45.5 Å². The van der Waals surface area contributed by atoms with Gasteiger partial charge in [-0.25, -0.2) is 9.67 Å². The molecule has 0 spiro atoms. The molecule has 12 heteroatoms. The number of aromatic nitrogens is 3. The van der Waals surface area contributed by atoms with Crippen LogP contribution in [0.15, 0.2) is 53.6 Å². The summed E-state index contributed by atoms with van der Waals surface area (Å²) in [5.74, 6) is 0.911. The third kappa shape index (κ3) is 8.25. The fraction of sp³-hybridized carbons (Fsp3) is 0.516. The van der Waals surface area contributed by atoms with Crippen molar-refractivity contribution in [1.82, 2.24) is 24.8 Å². The van der Waals surface area contributed by atoms with Crippen LogP contribution >= 0.6 is 23.5 Å². The molecule has 3 heterocycles. The zero-order valence-electron chi connectivity index (χ0n) is 24.3. The Labute approximate surface area is 259 Å². The fourth-order valence-electron chi connectivity index (χ4n) is 5.59. The van der Waals surface area contributed by atoms with Crippen molar-refractivity contribution < 1.29 is 22.7 Å². The number of benzene rings is 1. The first kappa shape index (κ1) is 31.7. The second-order valence-corrected chi connectivity index (χ2v) is 13.5. The number of unbranched alkanes of at least 4 members (excludes halogenated alkanes) is 1. The first-order valence-corrected chi connectivity index (χ1v) is 15.9. The van der Waals surface area contributed by atoms with E-state index in [-0.39, 0.29) is 53.9 Å². The molecule has 1 saturated heterocycles. The topological polar surface area (TPSA) is 81.1 Å². The van der Waals surface area contributed by atoms with Gasteiger partial charge in [-0.1, -0.05) is 30.2 Å². The van der Waals surface area contributed by atoms with E-state index in [0.29, 0.717) is 5.82 Å². The third-order valence-corrected chi connectivity index (χ3v) is 9.38. The number of ether oxygens (including phenoxy) is 1. The molecular weight excluding hydrogens is 599 g/mol. The number of amides is 1. The Morgan fingerprint density at radius 1 is 1.21 bits per heavy atom. The lowest BCUT2D eigenvalue weighted by molar-refractivity contribution is -0.190. The van der Waals surface area contributed by atoms with Gasteiger partial charge in [0, 0.05) is 22.7 Å². The third-order valence-electron chi connectivity index (χ3n) is 8.32. The van der Waals surface area contributed by atoms with Crippen LogP contribution in [0, 0.1) is 11.3 Å². The molecule has 1 aromatic carbocycles. The van der Waals surface area contributed by atoms with Crippen LogP contribution < -0.4 is 14.8 Å². The van der Waals surface area contributed by atoms with E-state index >= 15 is 0 Å². The highest BCUT2D eigenvalue weighted by Crippen LogP contribution is 2.59. The molecule has 1 aliphatic heterocycles. The minimum atomic E-state index is -4.21. The summed E-state index contributed by atoms with van der Waals surface area (Å²) in [5, 5.41) is 7.81. The van der Waals surface area contributed by atoms with E-state index in [0.717, 1.165) is 30.2 Å². The number of hydrogen-bond acceptors (Lipinski definition) is 6. The number of halogens is 4. The molecule has 1 aliphatic carbocycles. The van der Waals surface area contributed by atoms with Crippen LogP contribution in [0.5, 0.6) is 5.88 Å². The lowest BCUT2D eigenvalue weighted by Gasteiger charge is -2.18. The van der Waals surface area contributed by atoms with Crippen molar-refractivity contribution >= 4 is 29.5 Å². The predicted octanol–water partition coefficient (Wildman–Crippen LogP) is 7.57. The van der Waals surface area contributed by atoms with Crippen LogP contribution in [0.4, 0.5) is 13.2 Å². The monoisotopic (exact) mass is 635 g/mol. The number of rotatable bonds is 13. The largest absolute Gasteiger partial charge is 0.477 e. The maximum atomic E-state index is 13.1. The Bertz CT molecular complexity index is 1430. The molecule has 7 nitrogen and oxygen atoms in total. The SMILES string of the molecule is CC1(C)CC(CCCCc2cccc(SNC(=O)c3ccc(-n4ccc(OCCC5(C(F)(F)F)CC5)n4)nc3Cl)c2)CN1. The summed E-state index contributed by atoms with van der Waals surface area (Å²) in [6, 6.07) is 12.9. The van der Waals surface area contributed by atoms with Gasteiger partial charge in [0.15, 0.2) is 5.82 Å². The van der Waals surface area contributed by atoms with Crippen LogP contribution in [0.3, 0.4) is 0 Å². The Kier molecular flexibility index (Phi) is 9.63. The summed E-state index contributed by atoms with van der Waals surface area (Å²) in [6.45, 7) is 5.56. The molecule has 2 fully saturated rings. The van der Waals surface area contributed by atoms with Crippen LogP contribution in [0.1, 0.15) is 74.7 Å². The normalized spacial score (nSPS) is 18.9. The van der Waals surface area contributed by atoms with Gasteiger partial charge in [-0.3, -0.25) is 9.52 Å². The van der Waals surface area contributed by atoms with Crippen molar-refractivity contribution in [2.24, 2.45) is 11.3 Å². The number of hydrogen-bond donors (Lipinski definition) is 2. The molecule has 2 aliphatic rings. The predicted molar refractivity (Wildman–Crippen MR) is 162 cm³/mol. The molecule has 2 N–H and O–H groups in total. The molecule has 232 valence electrons. The summed E-state index contributed by atoms with van der Waals surface area (Å²) >= 11 is 7.57. The van der Waals surface area contributed by atoms with Crippen LogP contribution in [0.2, 0.25) is 5.15 Å². The molecule has 1 amide bonds. The second-order valence-electron chi connectivity index (χ2n) is 12.2. The molecule has 3 aromatic rings. The Morgan fingerprint density at radius 2 is 2.02 bits per heavy atom. The zero-order valence-corrected chi connectivity index (χ0v) is 25.9. The average Bonchev–Trinajstić information content (AvgIpc) is 3.48. The quantitative estimate of drug-likeness (QED) is 0.115. The molecule has 0 bridgehead atoms. The summed E-state index contributed by atoms with van der Waals surface area (Å²) in [5.41, 5.74) is 0.0912. The lowest BCUT2D eigenvalue weighted by Crippen LogP contribution is -2.31. The number of aryl methyl sites for hydroxylation is 1. The highest BCUT2D eigenvalue weighted by Gasteiger charge is 2.62. The molecule has 43 heavy (non-hydrogen) atoms. The van der Waals surface area contributed by atoms with Gasteiger partial charge in [0.1, 0.15) is 5.15 Å². The second kappa shape index (κ2) is 13.1. The summed E-state index contributed by atoms with van der Waals surface area (Å²) in [4.78, 5) is 18.1. The summed E-state index contributed by atoms with van der Waals surface area (Å²) < 4.78 is 49.0. The lowest BCUT2D eigenvalue weighted by atomic mass is 9.92. The number of pyridine rings is 1. The van der Waals surface area contributed by atoms with E-state index in [1.807, 2.05) is 12.1 Å². The number of nitrogens with zero attached hydrogens (tertiary/aromatic N) is 3. The van der Waals surface area contributed by atoms with Gasteiger partial charge < -0.3 is 10.1 Å². The number of nitrogens with one attached hydrogen (secondary N) is 2. The van der Waals surface area contributed by atoms with Crippen molar-refractivity contribution in [2.45, 2.75) is 81.8 Å². The molecule has 1 unspecified atom stereocenters. The molecular formula is C31H37ClF3N5O2S. The van der Waals surface area contributed by atoms with Gasteiger partial charge in [-0.15, -0.1) is 5.10 Å². The number of alkyl halides is 3. The molecule has 2 aromatic heterocycles. The molecule has 0 radical (unpaired) electrons. The Hall–Kier alpha value is -2.76. The van der Waals surface area contributed by atoms with E-state index in [1.54, 1.807) is 24.4 Å². The van der Waals surface area contributed by atoms with E-state index < -0.39 is 11.6 Å². The van der Waals surface area contributed by atoms with E-state index in [2.05, 4.69) is 46.1 Å². The highest BCUT2D eigenvalue weighted by atomic mass is 35.5. The number of carbonyl (C=O) groups excluding carboxylic acids is 1. The minimum absolute atomic E-state index is 0.00372. The van der Waals surface area contributed by atoms with E-state index in [9.17, 15) is 18.0 Å². The smallest absolute Gasteiger partial charge is 0.394 e. The molecule has 1 saturated carbocycles. The Morgan fingerprint density at radius 3 is 2.72 bits per heavy atom. The average molecular weight is 636 g/mol. The van der Waals surface area contributed by atoms with Crippen molar-refractivity contribution in [3.05, 3.63) is 64.9 Å². The van der Waals surface area contributed by atoms with E-state index in [4.69, 9.17) is 16.3 Å². The minimum Gasteiger partial charge on any atom is -0.477 e. The summed E-state index contributed by atoms with van der Waals surface area (Å²) in [6.07, 6.45) is 3.35. The maximum absolute atomic E-state index is 13.1. The molecule has 5 rings (SSSR count). The number of carbonyl (C=O) groups is 1. The highest BCUT2D eigenvalue weighted by molar-refractivity contribution is 7.98. The first-order valence-electron chi connectivity index (χ1n) is 14.7. The van der Waals surface area contributed by atoms with Crippen LogP contribution in [-0.2, 0) is 6.42 Å². The van der Waals surface area contributed by atoms with Gasteiger partial charge in [-0.2, -0.15) is 13.2 Å². The Balaban J connectivity index is 1.08. The van der Waals surface area contributed by atoms with Gasteiger partial charge in [0.25, 0.3) is 5.91 Å². The zero-order chi connectivity index (χ0) is 30.7. The van der Waals surface area contributed by atoms with Gasteiger partial charge in [0.2, 0.25) is 5.88 Å². The maximum Gasteiger partial charge on any atom is 0.394 e. The fourth-order valence-corrected chi connectivity index (χ4v) is 6.50. The van der Waals surface area contributed by atoms with Gasteiger partial charge in [0.05, 0.1) is 17.6 Å². The van der Waals surface area contributed by atoms with Crippen molar-refractivity contribution in [3.63, 3.8) is 0 Å². The van der Waals surface area contributed by atoms with Gasteiger partial charge >= 0.3 is 6.18 Å². The van der Waals surface area contributed by atoms with E-state index in [1.165, 1.54) is 41.5 Å². The van der Waals surface area contributed by atoms with Crippen molar-refractivity contribution in [3.8, 4) is 11.7 Å². The van der Waals surface area contributed by atoms with Crippen molar-refractivity contribution in [2.75, 3.05) is 13.2 Å². The van der Waals surface area contributed by atoms with Crippen molar-refractivity contribution in [1.29, 1.82) is 0 Å². The molecule has 1 atom stereocenters. The van der Waals surface area contributed by atoms with Gasteiger partial charge in [-0.05, 0) is 113 Å². The first-order chi connectivity index (χ1) is 20.4. The standard InChI is InChI=1S/C31H37ClF3N5O2S/c1-29(2)19-22(20-36-29)7-4-3-6-21-8-5-9-23(18-21)43-39-28(41)24-10-11-25(37-27(24)32)40-16-12-26(38-40)42-17-15-30(13-14-30)31(33,34)35/h5,8-12,16,18,22,36H,3-4,6-7,13-15,17,19-20H2,1-2H3,(H,39,41). The van der Waals surface area contributed by atoms with Crippen LogP contribution in [0.25, 0.3) is 5.82 Å².